The molecule has 0 fully saturated rings. The molecule has 2 rings (SSSR count). The lowest BCUT2D eigenvalue weighted by molar-refractivity contribution is 0.628. The fourth-order valence-electron chi connectivity index (χ4n) is 1.33. The Hall–Kier alpha value is -0.780. The molecule has 0 saturated heterocycles. The predicted molar refractivity (Wildman–Crippen MR) is 68.0 cm³/mol. The van der Waals surface area contributed by atoms with E-state index in [2.05, 4.69) is 20.9 Å². The van der Waals surface area contributed by atoms with E-state index in [-0.39, 0.29) is 5.82 Å². The first-order valence-corrected chi connectivity index (χ1v) is 6.43. The first-order valence-electron chi connectivity index (χ1n) is 4.82. The smallest absolute Gasteiger partial charge is 0.124 e. The highest BCUT2D eigenvalue weighted by atomic mass is 79.9. The lowest BCUT2D eigenvalue weighted by Gasteiger charge is -1.94. The van der Waals surface area contributed by atoms with E-state index < -0.39 is 0 Å². The highest BCUT2D eigenvalue weighted by Crippen LogP contribution is 2.31. The first kappa shape index (κ1) is 11.7. The summed E-state index contributed by atoms with van der Waals surface area (Å²) in [5.74, 6) is -0.235. The Morgan fingerprint density at radius 1 is 1.31 bits per heavy atom. The summed E-state index contributed by atoms with van der Waals surface area (Å²) in [5, 5.41) is 0.885. The van der Waals surface area contributed by atoms with Gasteiger partial charge < -0.3 is 5.73 Å². The van der Waals surface area contributed by atoms with Gasteiger partial charge in [-0.25, -0.2) is 9.37 Å². The standard InChI is InChI=1S/C11H10BrFN2S/c12-10-9(5-6-14)16-11(15-10)7-1-3-8(13)4-2-7/h1-4H,5-6,14H2. The molecule has 84 valence electrons. The second-order valence-corrected chi connectivity index (χ2v) is 5.11. The van der Waals surface area contributed by atoms with Gasteiger partial charge in [0.25, 0.3) is 0 Å². The van der Waals surface area contributed by atoms with E-state index in [1.807, 2.05) is 0 Å². The van der Waals surface area contributed by atoms with Gasteiger partial charge in [-0.2, -0.15) is 0 Å². The van der Waals surface area contributed by atoms with Crippen LogP contribution in [0.3, 0.4) is 0 Å². The zero-order valence-corrected chi connectivity index (χ0v) is 10.8. The highest BCUT2D eigenvalue weighted by Gasteiger charge is 2.09. The molecule has 1 aromatic carbocycles. The molecular formula is C11H10BrFN2S. The van der Waals surface area contributed by atoms with Gasteiger partial charge in [-0.05, 0) is 53.2 Å². The molecule has 5 heteroatoms. The van der Waals surface area contributed by atoms with Crippen molar-refractivity contribution in [2.24, 2.45) is 5.73 Å². The number of aromatic nitrogens is 1. The topological polar surface area (TPSA) is 38.9 Å². The van der Waals surface area contributed by atoms with Crippen LogP contribution in [-0.4, -0.2) is 11.5 Å². The normalized spacial score (nSPS) is 10.7. The SMILES string of the molecule is NCCc1sc(-c2ccc(F)cc2)nc1Br. The van der Waals surface area contributed by atoms with Gasteiger partial charge in [-0.15, -0.1) is 11.3 Å². The van der Waals surface area contributed by atoms with Crippen LogP contribution in [0.4, 0.5) is 4.39 Å². The molecule has 0 aliphatic carbocycles. The summed E-state index contributed by atoms with van der Waals surface area (Å²) in [7, 11) is 0. The predicted octanol–water partition coefficient (Wildman–Crippen LogP) is 3.21. The van der Waals surface area contributed by atoms with Crippen molar-refractivity contribution in [1.29, 1.82) is 0 Å². The van der Waals surface area contributed by atoms with Crippen LogP contribution < -0.4 is 5.73 Å². The molecule has 0 atom stereocenters. The summed E-state index contributed by atoms with van der Waals surface area (Å²) in [6.45, 7) is 0.601. The molecule has 2 aromatic rings. The molecule has 0 aliphatic rings. The van der Waals surface area contributed by atoms with E-state index >= 15 is 0 Å². The van der Waals surface area contributed by atoms with E-state index in [0.717, 1.165) is 26.5 Å². The largest absolute Gasteiger partial charge is 0.330 e. The van der Waals surface area contributed by atoms with Crippen LogP contribution in [-0.2, 0) is 6.42 Å². The van der Waals surface area contributed by atoms with Crippen molar-refractivity contribution in [3.05, 3.63) is 39.6 Å². The van der Waals surface area contributed by atoms with Gasteiger partial charge in [-0.1, -0.05) is 0 Å². The van der Waals surface area contributed by atoms with Crippen molar-refractivity contribution < 1.29 is 4.39 Å². The number of benzene rings is 1. The Bertz CT molecular complexity index is 481. The number of nitrogens with zero attached hydrogens (tertiary/aromatic N) is 1. The number of nitrogens with two attached hydrogens (primary N) is 1. The fourth-order valence-corrected chi connectivity index (χ4v) is 3.04. The van der Waals surface area contributed by atoms with Crippen molar-refractivity contribution >= 4 is 27.3 Å². The van der Waals surface area contributed by atoms with Gasteiger partial charge >= 0.3 is 0 Å². The third kappa shape index (κ3) is 2.48. The number of thiazole rings is 1. The van der Waals surface area contributed by atoms with Crippen LogP contribution in [0.15, 0.2) is 28.9 Å². The molecule has 0 radical (unpaired) electrons. The molecule has 1 aromatic heterocycles. The molecule has 0 bridgehead atoms. The van der Waals surface area contributed by atoms with Crippen LogP contribution in [0.25, 0.3) is 10.6 Å². The first-order chi connectivity index (χ1) is 7.70. The summed E-state index contributed by atoms with van der Waals surface area (Å²) in [6.07, 6.45) is 0.805. The second kappa shape index (κ2) is 5.03. The van der Waals surface area contributed by atoms with E-state index in [4.69, 9.17) is 5.73 Å². The molecule has 0 unspecified atom stereocenters. The summed E-state index contributed by atoms with van der Waals surface area (Å²) in [4.78, 5) is 5.51. The fraction of sp³-hybridized carbons (Fsp3) is 0.182. The average molecular weight is 301 g/mol. The summed E-state index contributed by atoms with van der Waals surface area (Å²) in [6, 6.07) is 6.33. The summed E-state index contributed by atoms with van der Waals surface area (Å²) >= 11 is 4.98. The van der Waals surface area contributed by atoms with Gasteiger partial charge in [0.15, 0.2) is 0 Å². The second-order valence-electron chi connectivity index (χ2n) is 3.28. The molecule has 0 spiro atoms. The van der Waals surface area contributed by atoms with Crippen LogP contribution in [0, 0.1) is 5.82 Å². The minimum absolute atomic E-state index is 0.235. The van der Waals surface area contributed by atoms with Crippen molar-refractivity contribution in [2.75, 3.05) is 6.54 Å². The molecule has 16 heavy (non-hydrogen) atoms. The van der Waals surface area contributed by atoms with E-state index in [9.17, 15) is 4.39 Å². The van der Waals surface area contributed by atoms with Gasteiger partial charge in [0.05, 0.1) is 0 Å². The Kier molecular flexibility index (Phi) is 3.68. The van der Waals surface area contributed by atoms with E-state index in [1.54, 1.807) is 23.5 Å². The monoisotopic (exact) mass is 300 g/mol. The van der Waals surface area contributed by atoms with Crippen LogP contribution in [0.2, 0.25) is 0 Å². The van der Waals surface area contributed by atoms with Crippen molar-refractivity contribution in [2.45, 2.75) is 6.42 Å². The molecule has 2 N–H and O–H groups in total. The molecule has 0 amide bonds. The maximum atomic E-state index is 12.8. The minimum Gasteiger partial charge on any atom is -0.330 e. The van der Waals surface area contributed by atoms with Crippen molar-refractivity contribution in [3.63, 3.8) is 0 Å². The lowest BCUT2D eigenvalue weighted by Crippen LogP contribution is -2.01. The Labute approximate surface area is 105 Å². The highest BCUT2D eigenvalue weighted by molar-refractivity contribution is 9.10. The van der Waals surface area contributed by atoms with Crippen LogP contribution in [0.5, 0.6) is 0 Å². The Morgan fingerprint density at radius 3 is 2.62 bits per heavy atom. The van der Waals surface area contributed by atoms with E-state index in [1.165, 1.54) is 12.1 Å². The Morgan fingerprint density at radius 2 is 2.00 bits per heavy atom. The zero-order valence-electron chi connectivity index (χ0n) is 8.41. The molecule has 0 saturated carbocycles. The van der Waals surface area contributed by atoms with Crippen molar-refractivity contribution in [3.8, 4) is 10.6 Å². The number of rotatable bonds is 3. The lowest BCUT2D eigenvalue weighted by atomic mass is 10.2. The number of halogens is 2. The van der Waals surface area contributed by atoms with Crippen molar-refractivity contribution in [1.82, 2.24) is 4.98 Å². The number of hydrogen-bond donors (Lipinski definition) is 1. The third-order valence-electron chi connectivity index (χ3n) is 2.11. The number of hydrogen-bond acceptors (Lipinski definition) is 3. The van der Waals surface area contributed by atoms with Gasteiger partial charge in [0, 0.05) is 10.4 Å². The van der Waals surface area contributed by atoms with Crippen LogP contribution in [0.1, 0.15) is 4.88 Å². The van der Waals surface area contributed by atoms with E-state index in [0.29, 0.717) is 6.54 Å². The quantitative estimate of drug-likeness (QED) is 0.945. The van der Waals surface area contributed by atoms with Gasteiger partial charge in [-0.3, -0.25) is 0 Å². The summed E-state index contributed by atoms with van der Waals surface area (Å²) in [5.41, 5.74) is 6.43. The maximum Gasteiger partial charge on any atom is 0.124 e. The van der Waals surface area contributed by atoms with Crippen LogP contribution >= 0.6 is 27.3 Å². The molecule has 2 nitrogen and oxygen atoms in total. The zero-order chi connectivity index (χ0) is 11.5. The Balaban J connectivity index is 2.33. The molecular weight excluding hydrogens is 291 g/mol. The average Bonchev–Trinajstić information content (AvgIpc) is 2.62. The molecule has 1 heterocycles. The maximum absolute atomic E-state index is 12.8. The minimum atomic E-state index is -0.235. The van der Waals surface area contributed by atoms with Gasteiger partial charge in [0.1, 0.15) is 15.4 Å². The third-order valence-corrected chi connectivity index (χ3v) is 4.19. The summed E-state index contributed by atoms with van der Waals surface area (Å²) < 4.78 is 13.6. The molecule has 0 aliphatic heterocycles. The van der Waals surface area contributed by atoms with Gasteiger partial charge in [0.2, 0.25) is 0 Å².